The molecule has 0 saturated heterocycles. The van der Waals surface area contributed by atoms with E-state index < -0.39 is 0 Å². The number of aldehydes is 1. The van der Waals surface area contributed by atoms with Crippen LogP contribution in [0.4, 0.5) is 0 Å². The molecular formula is C3HClN2O2. The second-order valence-electron chi connectivity index (χ2n) is 1.02. The molecule has 0 aromatic carbocycles. The molecule has 42 valence electrons. The highest BCUT2D eigenvalue weighted by molar-refractivity contribution is 6.27. The van der Waals surface area contributed by atoms with Crippen LogP contribution in [0.3, 0.4) is 0 Å². The van der Waals surface area contributed by atoms with Gasteiger partial charge >= 0.3 is 5.35 Å². The zero-order valence-electron chi connectivity index (χ0n) is 3.67. The van der Waals surface area contributed by atoms with Crippen molar-refractivity contribution >= 4 is 17.9 Å². The van der Waals surface area contributed by atoms with Gasteiger partial charge in [-0.3, -0.25) is 4.79 Å². The summed E-state index contributed by atoms with van der Waals surface area (Å²) in [4.78, 5) is 13.1. The van der Waals surface area contributed by atoms with Crippen LogP contribution in [0.15, 0.2) is 4.52 Å². The number of hydrogen-bond acceptors (Lipinski definition) is 4. The summed E-state index contributed by atoms with van der Waals surface area (Å²) < 4.78 is 4.23. The third-order valence-corrected chi connectivity index (χ3v) is 0.676. The molecular weight excluding hydrogens is 131 g/mol. The summed E-state index contributed by atoms with van der Waals surface area (Å²) in [5.41, 5.74) is 0. The van der Waals surface area contributed by atoms with E-state index in [1.807, 2.05) is 0 Å². The molecule has 0 atom stereocenters. The molecule has 0 aliphatic carbocycles. The van der Waals surface area contributed by atoms with Gasteiger partial charge in [0, 0.05) is 0 Å². The highest BCUT2D eigenvalue weighted by Gasteiger charge is 1.98. The Hall–Kier alpha value is -0.900. The number of aromatic nitrogens is 2. The Morgan fingerprint density at radius 1 is 1.75 bits per heavy atom. The van der Waals surface area contributed by atoms with Crippen LogP contribution in [0.1, 0.15) is 10.6 Å². The van der Waals surface area contributed by atoms with E-state index >= 15 is 0 Å². The van der Waals surface area contributed by atoms with Crippen molar-refractivity contribution in [2.24, 2.45) is 0 Å². The second-order valence-corrected chi connectivity index (χ2v) is 1.35. The first-order valence-corrected chi connectivity index (χ1v) is 2.15. The lowest BCUT2D eigenvalue weighted by Crippen LogP contribution is -1.78. The Kier molecular flexibility index (Phi) is 1.26. The van der Waals surface area contributed by atoms with Gasteiger partial charge in [-0.05, 0) is 11.6 Å². The fourth-order valence-corrected chi connectivity index (χ4v) is 0.384. The molecule has 1 rings (SSSR count). The molecule has 0 bridgehead atoms. The lowest BCUT2D eigenvalue weighted by Gasteiger charge is -1.61. The predicted molar refractivity (Wildman–Crippen MR) is 24.7 cm³/mol. The Bertz CT molecular complexity index is 197. The van der Waals surface area contributed by atoms with Crippen molar-refractivity contribution in [3.8, 4) is 0 Å². The van der Waals surface area contributed by atoms with E-state index in [1.54, 1.807) is 0 Å². The monoisotopic (exact) mass is 132 g/mol. The summed E-state index contributed by atoms with van der Waals surface area (Å²) in [5, 5.41) is 3.03. The van der Waals surface area contributed by atoms with Crippen molar-refractivity contribution in [3.63, 3.8) is 0 Å². The average Bonchev–Trinajstić information content (AvgIpc) is 2.14. The van der Waals surface area contributed by atoms with Gasteiger partial charge in [-0.1, -0.05) is 5.16 Å². The summed E-state index contributed by atoms with van der Waals surface area (Å²) >= 11 is 5.14. The second kappa shape index (κ2) is 1.92. The highest BCUT2D eigenvalue weighted by atomic mass is 35.5. The number of rotatable bonds is 1. The maximum Gasteiger partial charge on any atom is 0.320 e. The lowest BCUT2D eigenvalue weighted by molar-refractivity contribution is 0.111. The Morgan fingerprint density at radius 3 is 2.75 bits per heavy atom. The molecule has 0 saturated carbocycles. The van der Waals surface area contributed by atoms with Crippen LogP contribution in [0.2, 0.25) is 5.35 Å². The zero-order valence-corrected chi connectivity index (χ0v) is 4.42. The van der Waals surface area contributed by atoms with Crippen LogP contribution < -0.4 is 0 Å². The molecule has 8 heavy (non-hydrogen) atoms. The molecule has 0 spiro atoms. The van der Waals surface area contributed by atoms with Gasteiger partial charge in [-0.15, -0.1) is 0 Å². The SMILES string of the molecule is O=Cc1noc(Cl)n1. The Balaban J connectivity index is 3.00. The molecule has 0 aliphatic rings. The van der Waals surface area contributed by atoms with Crippen molar-refractivity contribution in [1.82, 2.24) is 10.1 Å². The third kappa shape index (κ3) is 0.840. The number of halogens is 1. The first-order chi connectivity index (χ1) is 3.83. The molecule has 0 fully saturated rings. The smallest absolute Gasteiger partial charge is 0.320 e. The quantitative estimate of drug-likeness (QED) is 0.523. The van der Waals surface area contributed by atoms with E-state index in [1.165, 1.54) is 0 Å². The van der Waals surface area contributed by atoms with E-state index in [0.717, 1.165) is 0 Å². The molecule has 1 aromatic rings. The zero-order chi connectivity index (χ0) is 5.98. The van der Waals surface area contributed by atoms with Crippen LogP contribution in [0.5, 0.6) is 0 Å². The number of carbonyl (C=O) groups is 1. The topological polar surface area (TPSA) is 56.0 Å². The van der Waals surface area contributed by atoms with Crippen LogP contribution in [0, 0.1) is 0 Å². The fraction of sp³-hybridized carbons (Fsp3) is 0. The summed E-state index contributed by atoms with van der Waals surface area (Å²) in [6, 6.07) is 0. The molecule has 0 aliphatic heterocycles. The minimum Gasteiger partial charge on any atom is -0.321 e. The van der Waals surface area contributed by atoms with Gasteiger partial charge in [-0.25, -0.2) is 0 Å². The van der Waals surface area contributed by atoms with Crippen LogP contribution >= 0.6 is 11.6 Å². The Morgan fingerprint density at radius 2 is 2.50 bits per heavy atom. The largest absolute Gasteiger partial charge is 0.321 e. The summed E-state index contributed by atoms with van der Waals surface area (Å²) in [7, 11) is 0. The maximum absolute atomic E-state index is 9.78. The van der Waals surface area contributed by atoms with E-state index in [9.17, 15) is 4.79 Å². The van der Waals surface area contributed by atoms with Gasteiger partial charge in [0.2, 0.25) is 5.82 Å². The molecule has 4 nitrogen and oxygen atoms in total. The van der Waals surface area contributed by atoms with Crippen molar-refractivity contribution < 1.29 is 9.32 Å². The van der Waals surface area contributed by atoms with Gasteiger partial charge in [0.25, 0.3) is 0 Å². The predicted octanol–water partition coefficient (Wildman–Crippen LogP) is 0.535. The molecule has 0 N–H and O–H groups in total. The van der Waals surface area contributed by atoms with Crippen LogP contribution in [0.25, 0.3) is 0 Å². The number of hydrogen-bond donors (Lipinski definition) is 0. The number of nitrogens with zero attached hydrogens (tertiary/aromatic N) is 2. The maximum atomic E-state index is 9.78. The summed E-state index contributed by atoms with van der Waals surface area (Å²) in [6.07, 6.45) is 0.454. The first kappa shape index (κ1) is 5.24. The van der Waals surface area contributed by atoms with Crippen LogP contribution in [-0.4, -0.2) is 16.4 Å². The minimum absolute atomic E-state index is 0.0324. The van der Waals surface area contributed by atoms with E-state index in [4.69, 9.17) is 11.6 Å². The number of carbonyl (C=O) groups excluding carboxylic acids is 1. The van der Waals surface area contributed by atoms with Gasteiger partial charge in [0.15, 0.2) is 6.29 Å². The van der Waals surface area contributed by atoms with E-state index in [2.05, 4.69) is 14.7 Å². The standard InChI is InChI=1S/C3HClN2O2/c4-3-5-2(1-7)6-8-3/h1H. The first-order valence-electron chi connectivity index (χ1n) is 1.77. The van der Waals surface area contributed by atoms with Gasteiger partial charge in [0.05, 0.1) is 0 Å². The van der Waals surface area contributed by atoms with Gasteiger partial charge in [-0.2, -0.15) is 4.98 Å². The summed E-state index contributed by atoms with van der Waals surface area (Å²) in [5.74, 6) is -0.0324. The molecule has 0 radical (unpaired) electrons. The fourth-order valence-electron chi connectivity index (χ4n) is 0.263. The van der Waals surface area contributed by atoms with E-state index in [-0.39, 0.29) is 11.2 Å². The highest BCUT2D eigenvalue weighted by Crippen LogP contribution is 2.00. The normalized spacial score (nSPS) is 9.12. The molecule has 1 heterocycles. The van der Waals surface area contributed by atoms with Gasteiger partial charge < -0.3 is 4.52 Å². The van der Waals surface area contributed by atoms with Crippen molar-refractivity contribution in [3.05, 3.63) is 11.2 Å². The third-order valence-electron chi connectivity index (χ3n) is 0.522. The van der Waals surface area contributed by atoms with Crippen LogP contribution in [-0.2, 0) is 0 Å². The van der Waals surface area contributed by atoms with E-state index in [0.29, 0.717) is 6.29 Å². The molecule has 1 aromatic heterocycles. The molecule has 0 amide bonds. The Labute approximate surface area is 49.4 Å². The van der Waals surface area contributed by atoms with Crippen molar-refractivity contribution in [2.75, 3.05) is 0 Å². The summed E-state index contributed by atoms with van der Waals surface area (Å²) in [6.45, 7) is 0. The minimum atomic E-state index is -0.118. The van der Waals surface area contributed by atoms with Gasteiger partial charge in [0.1, 0.15) is 0 Å². The van der Waals surface area contributed by atoms with Crippen molar-refractivity contribution in [1.29, 1.82) is 0 Å². The lowest BCUT2D eigenvalue weighted by atomic mass is 10.7. The van der Waals surface area contributed by atoms with Crippen molar-refractivity contribution in [2.45, 2.75) is 0 Å². The average molecular weight is 133 g/mol. The molecule has 0 unspecified atom stereocenters. The molecule has 5 heteroatoms.